The number of amides is 1. The van der Waals surface area contributed by atoms with Gasteiger partial charge in [-0.05, 0) is 49.6 Å². The van der Waals surface area contributed by atoms with E-state index in [1.54, 1.807) is 16.7 Å². The zero-order chi connectivity index (χ0) is 18.1. The predicted molar refractivity (Wildman–Crippen MR) is 106 cm³/mol. The molecule has 1 heterocycles. The molecule has 1 aromatic carbocycles. The van der Waals surface area contributed by atoms with E-state index in [9.17, 15) is 4.79 Å². The standard InChI is InChI=1S/C19H24N4OS2/c1-22(11-13-3-9-16(25-2)10-4-13)17(24)12-26-19-21-20-18(14-5-6-14)23(19)15-7-8-15/h3-4,9-10,14-15H,5-8,11-12H2,1-2H3. The molecule has 5 nitrogen and oxygen atoms in total. The van der Waals surface area contributed by atoms with Crippen LogP contribution in [-0.4, -0.2) is 44.6 Å². The number of carbonyl (C=O) groups is 1. The Labute approximate surface area is 162 Å². The second-order valence-electron chi connectivity index (χ2n) is 7.10. The molecule has 138 valence electrons. The molecule has 2 aliphatic carbocycles. The Morgan fingerprint density at radius 2 is 1.92 bits per heavy atom. The number of thioether (sulfide) groups is 2. The van der Waals surface area contributed by atoms with Crippen molar-refractivity contribution in [2.45, 2.75) is 54.2 Å². The highest BCUT2D eigenvalue weighted by Gasteiger charge is 2.36. The first kappa shape index (κ1) is 17.9. The summed E-state index contributed by atoms with van der Waals surface area (Å²) >= 11 is 3.26. The molecule has 0 aliphatic heterocycles. The van der Waals surface area contributed by atoms with Crippen LogP contribution < -0.4 is 0 Å². The number of carbonyl (C=O) groups excluding carboxylic acids is 1. The molecule has 0 unspecified atom stereocenters. The van der Waals surface area contributed by atoms with Crippen molar-refractivity contribution in [3.8, 4) is 0 Å². The third kappa shape index (κ3) is 4.09. The molecule has 0 atom stereocenters. The third-order valence-electron chi connectivity index (χ3n) is 4.87. The maximum atomic E-state index is 12.5. The molecule has 2 aromatic rings. The molecule has 0 saturated heterocycles. The Balaban J connectivity index is 1.34. The first-order valence-corrected chi connectivity index (χ1v) is 11.3. The van der Waals surface area contributed by atoms with Crippen LogP contribution in [0.5, 0.6) is 0 Å². The van der Waals surface area contributed by atoms with Crippen molar-refractivity contribution in [2.75, 3.05) is 19.1 Å². The average Bonchev–Trinajstić information content (AvgIpc) is 3.59. The molecular formula is C19H24N4OS2. The highest BCUT2D eigenvalue weighted by molar-refractivity contribution is 7.99. The second kappa shape index (κ2) is 7.64. The lowest BCUT2D eigenvalue weighted by molar-refractivity contribution is -0.127. The summed E-state index contributed by atoms with van der Waals surface area (Å²) in [6.45, 7) is 0.636. The molecule has 2 aliphatic rings. The molecule has 2 saturated carbocycles. The summed E-state index contributed by atoms with van der Waals surface area (Å²) in [5.74, 6) is 2.28. The van der Waals surface area contributed by atoms with Gasteiger partial charge in [0.1, 0.15) is 5.82 Å². The number of hydrogen-bond donors (Lipinski definition) is 0. The monoisotopic (exact) mass is 388 g/mol. The van der Waals surface area contributed by atoms with Gasteiger partial charge in [-0.25, -0.2) is 0 Å². The lowest BCUT2D eigenvalue weighted by atomic mass is 10.2. The number of rotatable bonds is 8. The van der Waals surface area contributed by atoms with E-state index in [1.165, 1.54) is 42.3 Å². The van der Waals surface area contributed by atoms with Gasteiger partial charge in [-0.15, -0.1) is 22.0 Å². The molecule has 0 radical (unpaired) electrons. The van der Waals surface area contributed by atoms with Crippen LogP contribution in [-0.2, 0) is 11.3 Å². The molecule has 1 aromatic heterocycles. The summed E-state index contributed by atoms with van der Waals surface area (Å²) in [6, 6.07) is 8.95. The van der Waals surface area contributed by atoms with E-state index in [2.05, 4.69) is 45.3 Å². The summed E-state index contributed by atoms with van der Waals surface area (Å²) in [6.07, 6.45) is 6.95. The summed E-state index contributed by atoms with van der Waals surface area (Å²) in [4.78, 5) is 15.6. The van der Waals surface area contributed by atoms with E-state index in [1.807, 2.05) is 7.05 Å². The summed E-state index contributed by atoms with van der Waals surface area (Å²) < 4.78 is 2.30. The lowest BCUT2D eigenvalue weighted by Crippen LogP contribution is -2.27. The highest BCUT2D eigenvalue weighted by atomic mass is 32.2. The average molecular weight is 389 g/mol. The Morgan fingerprint density at radius 3 is 2.54 bits per heavy atom. The Bertz CT molecular complexity index is 781. The Kier molecular flexibility index (Phi) is 5.27. The minimum Gasteiger partial charge on any atom is -0.341 e. The van der Waals surface area contributed by atoms with E-state index in [-0.39, 0.29) is 5.91 Å². The maximum Gasteiger partial charge on any atom is 0.233 e. The van der Waals surface area contributed by atoms with Crippen molar-refractivity contribution < 1.29 is 4.79 Å². The van der Waals surface area contributed by atoms with Crippen LogP contribution in [0.2, 0.25) is 0 Å². The quantitative estimate of drug-likeness (QED) is 0.641. The number of nitrogens with zero attached hydrogens (tertiary/aromatic N) is 4. The smallest absolute Gasteiger partial charge is 0.233 e. The number of aromatic nitrogens is 3. The molecule has 26 heavy (non-hydrogen) atoms. The fourth-order valence-electron chi connectivity index (χ4n) is 3.01. The van der Waals surface area contributed by atoms with Crippen molar-refractivity contribution in [3.05, 3.63) is 35.7 Å². The second-order valence-corrected chi connectivity index (χ2v) is 8.92. The molecule has 2 fully saturated rings. The van der Waals surface area contributed by atoms with Crippen molar-refractivity contribution in [3.63, 3.8) is 0 Å². The van der Waals surface area contributed by atoms with Crippen LogP contribution in [0.4, 0.5) is 0 Å². The normalized spacial score (nSPS) is 16.7. The van der Waals surface area contributed by atoms with Crippen LogP contribution in [0.1, 0.15) is 49.0 Å². The highest BCUT2D eigenvalue weighted by Crippen LogP contribution is 2.45. The van der Waals surface area contributed by atoms with Gasteiger partial charge in [0, 0.05) is 30.4 Å². The fourth-order valence-corrected chi connectivity index (χ4v) is 4.37. The SMILES string of the molecule is CSc1ccc(CN(C)C(=O)CSc2nnc(C3CC3)n2C2CC2)cc1. The van der Waals surface area contributed by atoms with E-state index in [0.717, 1.165) is 16.5 Å². The molecule has 0 bridgehead atoms. The van der Waals surface area contributed by atoms with Gasteiger partial charge in [0.15, 0.2) is 5.16 Å². The largest absolute Gasteiger partial charge is 0.341 e. The fraction of sp³-hybridized carbons (Fsp3) is 0.526. The van der Waals surface area contributed by atoms with Crippen LogP contribution in [0, 0.1) is 0 Å². The zero-order valence-corrected chi connectivity index (χ0v) is 16.9. The van der Waals surface area contributed by atoms with Crippen LogP contribution in [0.25, 0.3) is 0 Å². The van der Waals surface area contributed by atoms with Crippen LogP contribution in [0.15, 0.2) is 34.3 Å². The van der Waals surface area contributed by atoms with Gasteiger partial charge in [-0.3, -0.25) is 4.79 Å². The van der Waals surface area contributed by atoms with E-state index in [4.69, 9.17) is 0 Å². The summed E-state index contributed by atoms with van der Waals surface area (Å²) in [5.41, 5.74) is 1.15. The lowest BCUT2D eigenvalue weighted by Gasteiger charge is -2.17. The summed E-state index contributed by atoms with van der Waals surface area (Å²) in [7, 11) is 1.87. The summed E-state index contributed by atoms with van der Waals surface area (Å²) in [5, 5.41) is 9.70. The first-order chi connectivity index (χ1) is 12.7. The Hall–Kier alpha value is -1.47. The molecule has 0 spiro atoms. The van der Waals surface area contributed by atoms with Crippen LogP contribution in [0.3, 0.4) is 0 Å². The van der Waals surface area contributed by atoms with Crippen molar-refractivity contribution in [2.24, 2.45) is 0 Å². The topological polar surface area (TPSA) is 51.0 Å². The minimum atomic E-state index is 0.127. The van der Waals surface area contributed by atoms with Gasteiger partial charge in [0.2, 0.25) is 5.91 Å². The predicted octanol–water partition coefficient (Wildman–Crippen LogP) is 3.96. The van der Waals surface area contributed by atoms with Gasteiger partial charge in [0.05, 0.1) is 5.75 Å². The van der Waals surface area contributed by atoms with Gasteiger partial charge >= 0.3 is 0 Å². The van der Waals surface area contributed by atoms with E-state index in [0.29, 0.717) is 24.3 Å². The molecule has 0 N–H and O–H groups in total. The van der Waals surface area contributed by atoms with Crippen molar-refractivity contribution >= 4 is 29.4 Å². The van der Waals surface area contributed by atoms with Gasteiger partial charge in [-0.2, -0.15) is 0 Å². The van der Waals surface area contributed by atoms with Gasteiger partial charge < -0.3 is 9.47 Å². The van der Waals surface area contributed by atoms with Crippen molar-refractivity contribution in [1.29, 1.82) is 0 Å². The molecule has 7 heteroatoms. The van der Waals surface area contributed by atoms with E-state index < -0.39 is 0 Å². The number of hydrogen-bond acceptors (Lipinski definition) is 5. The molecule has 4 rings (SSSR count). The van der Waals surface area contributed by atoms with Crippen LogP contribution >= 0.6 is 23.5 Å². The van der Waals surface area contributed by atoms with Crippen molar-refractivity contribution in [1.82, 2.24) is 19.7 Å². The maximum absolute atomic E-state index is 12.5. The number of benzene rings is 1. The zero-order valence-electron chi connectivity index (χ0n) is 15.2. The van der Waals surface area contributed by atoms with Gasteiger partial charge in [-0.1, -0.05) is 23.9 Å². The third-order valence-corrected chi connectivity index (χ3v) is 6.55. The van der Waals surface area contributed by atoms with E-state index >= 15 is 0 Å². The Morgan fingerprint density at radius 1 is 1.19 bits per heavy atom. The first-order valence-electron chi connectivity index (χ1n) is 9.10. The molecular weight excluding hydrogens is 364 g/mol. The minimum absolute atomic E-state index is 0.127. The van der Waals surface area contributed by atoms with Gasteiger partial charge in [0.25, 0.3) is 0 Å². The molecule has 1 amide bonds.